The van der Waals surface area contributed by atoms with Crippen LogP contribution in [0, 0.1) is 0 Å². The number of nitrogens with one attached hydrogen (secondary N) is 3. The number of aryl methyl sites for hydroxylation is 1. The minimum absolute atomic E-state index is 0.253. The third-order valence-corrected chi connectivity index (χ3v) is 5.47. The summed E-state index contributed by atoms with van der Waals surface area (Å²) in [4.78, 5) is 4.82. The van der Waals surface area contributed by atoms with Gasteiger partial charge in [-0.2, -0.15) is 0 Å². The number of nitrogens with zero attached hydrogens (tertiary/aromatic N) is 1. The molecule has 0 bridgehead atoms. The second-order valence-electron chi connectivity index (χ2n) is 6.06. The molecule has 0 radical (unpaired) electrons. The van der Waals surface area contributed by atoms with Crippen LogP contribution in [0.25, 0.3) is 0 Å². The van der Waals surface area contributed by atoms with Gasteiger partial charge in [0, 0.05) is 13.1 Å². The zero-order valence-corrected chi connectivity index (χ0v) is 16.7. The van der Waals surface area contributed by atoms with Crippen LogP contribution in [-0.4, -0.2) is 34.5 Å². The lowest BCUT2D eigenvalue weighted by atomic mass is 10.1. The monoisotopic (exact) mass is 388 g/mol. The van der Waals surface area contributed by atoms with Crippen LogP contribution in [0.5, 0.6) is 0 Å². The standard InChI is InChI=1S/C20H28N4O2S/c1-3-22-20(23-15-7-10-17-8-5-4-6-9-17)24-16-18-11-13-19(14-12-18)27(25,26)21-2/h4-6,8-9,11-14,21H,3,7,10,15-16H2,1-2H3,(H2,22,23,24). The molecule has 0 unspecified atom stereocenters. The fourth-order valence-corrected chi connectivity index (χ4v) is 3.28. The number of benzene rings is 2. The highest BCUT2D eigenvalue weighted by Gasteiger charge is 2.10. The fourth-order valence-electron chi connectivity index (χ4n) is 2.55. The first-order valence-corrected chi connectivity index (χ1v) is 10.6. The molecule has 3 N–H and O–H groups in total. The number of guanidine groups is 1. The SMILES string of the molecule is CCNC(=NCc1ccc(S(=O)(=O)NC)cc1)NCCCc1ccccc1. The second-order valence-corrected chi connectivity index (χ2v) is 7.95. The third-order valence-electron chi connectivity index (χ3n) is 4.04. The minimum Gasteiger partial charge on any atom is -0.357 e. The highest BCUT2D eigenvalue weighted by Crippen LogP contribution is 2.10. The number of sulfonamides is 1. The summed E-state index contributed by atoms with van der Waals surface area (Å²) < 4.78 is 25.8. The smallest absolute Gasteiger partial charge is 0.240 e. The molecule has 0 spiro atoms. The van der Waals surface area contributed by atoms with E-state index in [1.165, 1.54) is 12.6 Å². The van der Waals surface area contributed by atoms with Crippen molar-refractivity contribution in [2.75, 3.05) is 20.1 Å². The van der Waals surface area contributed by atoms with Gasteiger partial charge in [-0.3, -0.25) is 0 Å². The molecule has 27 heavy (non-hydrogen) atoms. The van der Waals surface area contributed by atoms with E-state index in [2.05, 4.69) is 44.6 Å². The van der Waals surface area contributed by atoms with Crippen LogP contribution in [0.15, 0.2) is 64.5 Å². The van der Waals surface area contributed by atoms with E-state index in [-0.39, 0.29) is 4.90 Å². The molecule has 0 aliphatic heterocycles. The Morgan fingerprint density at radius 1 is 0.963 bits per heavy atom. The predicted octanol–water partition coefficient (Wildman–Crippen LogP) is 2.28. The van der Waals surface area contributed by atoms with Gasteiger partial charge in [-0.25, -0.2) is 18.1 Å². The first-order chi connectivity index (χ1) is 13.0. The van der Waals surface area contributed by atoms with Crippen molar-refractivity contribution in [1.29, 1.82) is 0 Å². The maximum atomic E-state index is 11.8. The van der Waals surface area contributed by atoms with Crippen molar-refractivity contribution in [2.45, 2.75) is 31.2 Å². The van der Waals surface area contributed by atoms with E-state index in [1.54, 1.807) is 24.3 Å². The fraction of sp³-hybridized carbons (Fsp3) is 0.350. The molecule has 6 nitrogen and oxygen atoms in total. The van der Waals surface area contributed by atoms with Crippen molar-refractivity contribution in [3.8, 4) is 0 Å². The van der Waals surface area contributed by atoms with Gasteiger partial charge in [-0.05, 0) is 50.1 Å². The summed E-state index contributed by atoms with van der Waals surface area (Å²) in [7, 11) is -2.00. The van der Waals surface area contributed by atoms with Gasteiger partial charge in [-0.1, -0.05) is 42.5 Å². The van der Waals surface area contributed by atoms with E-state index >= 15 is 0 Å². The average Bonchev–Trinajstić information content (AvgIpc) is 2.70. The first-order valence-electron chi connectivity index (χ1n) is 9.13. The Hall–Kier alpha value is -2.38. The highest BCUT2D eigenvalue weighted by molar-refractivity contribution is 7.89. The molecule has 146 valence electrons. The van der Waals surface area contributed by atoms with E-state index in [0.717, 1.165) is 37.5 Å². The molecule has 0 aliphatic rings. The molecule has 0 saturated carbocycles. The average molecular weight is 389 g/mol. The molecule has 2 aromatic carbocycles. The van der Waals surface area contributed by atoms with Gasteiger partial charge >= 0.3 is 0 Å². The van der Waals surface area contributed by atoms with Crippen LogP contribution in [0.3, 0.4) is 0 Å². The van der Waals surface area contributed by atoms with E-state index in [1.807, 2.05) is 13.0 Å². The van der Waals surface area contributed by atoms with E-state index < -0.39 is 10.0 Å². The Morgan fingerprint density at radius 2 is 1.67 bits per heavy atom. The van der Waals surface area contributed by atoms with Gasteiger partial charge in [0.05, 0.1) is 11.4 Å². The Morgan fingerprint density at radius 3 is 2.30 bits per heavy atom. The van der Waals surface area contributed by atoms with Crippen LogP contribution in [0.4, 0.5) is 0 Å². The van der Waals surface area contributed by atoms with Gasteiger partial charge in [-0.15, -0.1) is 0 Å². The minimum atomic E-state index is -3.40. The molecule has 2 rings (SSSR count). The molecule has 0 fully saturated rings. The van der Waals surface area contributed by atoms with Gasteiger partial charge in [0.1, 0.15) is 0 Å². The molecule has 0 heterocycles. The van der Waals surface area contributed by atoms with E-state index in [4.69, 9.17) is 0 Å². The molecule has 0 aromatic heterocycles. The van der Waals surface area contributed by atoms with Crippen LogP contribution in [0.1, 0.15) is 24.5 Å². The van der Waals surface area contributed by atoms with Crippen molar-refractivity contribution < 1.29 is 8.42 Å². The van der Waals surface area contributed by atoms with Crippen molar-refractivity contribution in [3.63, 3.8) is 0 Å². The molecule has 2 aromatic rings. The third kappa shape index (κ3) is 7.03. The summed E-state index contributed by atoms with van der Waals surface area (Å²) >= 11 is 0. The van der Waals surface area contributed by atoms with Crippen LogP contribution in [0.2, 0.25) is 0 Å². The summed E-state index contributed by atoms with van der Waals surface area (Å²) in [5.74, 6) is 0.762. The molecule has 0 aliphatic carbocycles. The molecule has 0 amide bonds. The summed E-state index contributed by atoms with van der Waals surface area (Å²) in [6, 6.07) is 17.2. The van der Waals surface area contributed by atoms with Crippen LogP contribution in [-0.2, 0) is 23.0 Å². The van der Waals surface area contributed by atoms with Gasteiger partial charge in [0.25, 0.3) is 0 Å². The molecule has 0 saturated heterocycles. The molecule has 0 atom stereocenters. The lowest BCUT2D eigenvalue weighted by molar-refractivity contribution is 0.588. The zero-order valence-electron chi connectivity index (χ0n) is 15.9. The molecular weight excluding hydrogens is 360 g/mol. The number of rotatable bonds is 9. The van der Waals surface area contributed by atoms with Gasteiger partial charge in [0.15, 0.2) is 5.96 Å². The first kappa shape index (κ1) is 20.9. The van der Waals surface area contributed by atoms with E-state index in [9.17, 15) is 8.42 Å². The zero-order chi connectivity index (χ0) is 19.5. The van der Waals surface area contributed by atoms with Gasteiger partial charge < -0.3 is 10.6 Å². The molecule has 7 heteroatoms. The summed E-state index contributed by atoms with van der Waals surface area (Å²) in [6.07, 6.45) is 2.04. The topological polar surface area (TPSA) is 82.6 Å². The maximum Gasteiger partial charge on any atom is 0.240 e. The Bertz CT molecular complexity index is 819. The summed E-state index contributed by atoms with van der Waals surface area (Å²) in [6.45, 7) is 4.12. The Kier molecular flexibility index (Phi) is 8.29. The van der Waals surface area contributed by atoms with E-state index in [0.29, 0.717) is 6.54 Å². The summed E-state index contributed by atoms with van der Waals surface area (Å²) in [5.41, 5.74) is 2.28. The second kappa shape index (κ2) is 10.7. The quantitative estimate of drug-likeness (QED) is 0.350. The van der Waals surface area contributed by atoms with Crippen molar-refractivity contribution in [1.82, 2.24) is 15.4 Å². The summed E-state index contributed by atoms with van der Waals surface area (Å²) in [5, 5.41) is 6.57. The maximum absolute atomic E-state index is 11.8. The van der Waals surface area contributed by atoms with Gasteiger partial charge in [0.2, 0.25) is 10.0 Å². The largest absolute Gasteiger partial charge is 0.357 e. The Labute approximate surface area is 162 Å². The normalized spacial score (nSPS) is 12.0. The van der Waals surface area contributed by atoms with Crippen molar-refractivity contribution in [2.24, 2.45) is 4.99 Å². The van der Waals surface area contributed by atoms with Crippen molar-refractivity contribution in [3.05, 3.63) is 65.7 Å². The molecular formula is C20H28N4O2S. The lowest BCUT2D eigenvalue weighted by Gasteiger charge is -2.11. The number of hydrogen-bond donors (Lipinski definition) is 3. The van der Waals surface area contributed by atoms with Crippen molar-refractivity contribution >= 4 is 16.0 Å². The van der Waals surface area contributed by atoms with Crippen LogP contribution >= 0.6 is 0 Å². The van der Waals surface area contributed by atoms with Crippen LogP contribution < -0.4 is 15.4 Å². The number of hydrogen-bond acceptors (Lipinski definition) is 3. The highest BCUT2D eigenvalue weighted by atomic mass is 32.2. The lowest BCUT2D eigenvalue weighted by Crippen LogP contribution is -2.37. The Balaban J connectivity index is 1.87. The number of aliphatic imine (C=N–C) groups is 1. The predicted molar refractivity (Wildman–Crippen MR) is 110 cm³/mol.